The maximum atomic E-state index is 5.99. The quantitative estimate of drug-likeness (QED) is 0.0997. The van der Waals surface area contributed by atoms with Crippen LogP contribution in [-0.2, 0) is 12.8 Å². The molecule has 0 spiro atoms. The van der Waals surface area contributed by atoms with Crippen LogP contribution in [0.3, 0.4) is 0 Å². The van der Waals surface area contributed by atoms with Crippen LogP contribution in [0.2, 0.25) is 0 Å². The molecule has 0 bridgehead atoms. The van der Waals surface area contributed by atoms with Crippen LogP contribution in [0.5, 0.6) is 0 Å². The van der Waals surface area contributed by atoms with Gasteiger partial charge in [0.25, 0.3) is 0 Å². The Morgan fingerprint density at radius 2 is 0.631 bits per heavy atom. The summed E-state index contributed by atoms with van der Waals surface area (Å²) in [6, 6.07) is 99.2. The summed E-state index contributed by atoms with van der Waals surface area (Å²) in [4.78, 5) is 5.99. The smallest absolute Gasteiger partial charge is 0.171 e. The second kappa shape index (κ2) is 16.1. The van der Waals surface area contributed by atoms with E-state index in [-0.39, 0.29) is 0 Å². The molecule has 0 radical (unpaired) electrons. The molecule has 0 unspecified atom stereocenters. The molecule has 4 heteroatoms. The molecule has 0 amide bonds. The Kier molecular flexibility index (Phi) is 9.75. The molecule has 0 N–H and O–H groups in total. The van der Waals surface area contributed by atoms with Crippen molar-refractivity contribution in [3.63, 3.8) is 0 Å². The van der Waals surface area contributed by atoms with Gasteiger partial charge >= 0.3 is 0 Å². The Morgan fingerprint density at radius 3 is 1.09 bits per heavy atom. The van der Waals surface area contributed by atoms with Gasteiger partial charge < -0.3 is 0 Å². The van der Waals surface area contributed by atoms with Crippen molar-refractivity contribution in [1.29, 1.82) is 0 Å². The fourth-order valence-electron chi connectivity index (χ4n) is 12.5. The number of aromatic nitrogens is 1. The van der Waals surface area contributed by atoms with E-state index < -0.39 is 22.3 Å². The third-order valence-electron chi connectivity index (χ3n) is 14.7. The van der Waals surface area contributed by atoms with Gasteiger partial charge in [-0.2, -0.15) is 0 Å². The van der Waals surface area contributed by atoms with E-state index in [1.807, 2.05) is 0 Å². The van der Waals surface area contributed by atoms with Crippen molar-refractivity contribution in [2.45, 2.75) is 12.8 Å². The molecule has 65 heavy (non-hydrogen) atoms. The molecule has 0 saturated carbocycles. The summed E-state index contributed by atoms with van der Waals surface area (Å²) >= 11 is 0. The van der Waals surface area contributed by atoms with Crippen molar-refractivity contribution >= 4 is 63.9 Å². The van der Waals surface area contributed by atoms with E-state index in [2.05, 4.69) is 261 Å². The Labute approximate surface area is 385 Å². The van der Waals surface area contributed by atoms with Crippen molar-refractivity contribution < 1.29 is 0 Å². The molecule has 1 heterocycles. The Hall–Kier alpha value is -7.22. The topological polar surface area (TPSA) is 12.9 Å². The minimum absolute atomic E-state index is 0.846. The molecule has 2 aliphatic rings. The highest BCUT2D eigenvalue weighted by Crippen LogP contribution is 2.41. The highest BCUT2D eigenvalue weighted by molar-refractivity contribution is 7.89. The summed E-state index contributed by atoms with van der Waals surface area (Å²) in [6.45, 7) is 0. The van der Waals surface area contributed by atoms with Crippen molar-refractivity contribution in [3.8, 4) is 22.3 Å². The number of hydrogen-bond acceptors (Lipinski definition) is 1. The first-order chi connectivity index (χ1) is 32.3. The lowest BCUT2D eigenvalue weighted by atomic mass is 10.1. The van der Waals surface area contributed by atoms with E-state index in [1.54, 1.807) is 0 Å². The van der Waals surface area contributed by atoms with E-state index in [0.29, 0.717) is 0 Å². The van der Waals surface area contributed by atoms with E-state index in [0.717, 1.165) is 12.8 Å². The summed E-state index contributed by atoms with van der Waals surface area (Å²) in [5, 5.41) is 11.4. The first kappa shape index (κ1) is 39.4. The van der Waals surface area contributed by atoms with Crippen molar-refractivity contribution in [2.24, 2.45) is 0 Å². The largest absolute Gasteiger partial charge is 0.265 e. The second-order valence-electron chi connectivity index (χ2n) is 17.6. The van der Waals surface area contributed by atoms with Gasteiger partial charge in [-0.15, -0.1) is 0 Å². The number of pyridine rings is 1. The molecule has 308 valence electrons. The molecule has 9 aromatic carbocycles. The third kappa shape index (κ3) is 5.71. The molecule has 1 aromatic heterocycles. The predicted molar refractivity (Wildman–Crippen MR) is 280 cm³/mol. The maximum Gasteiger partial charge on any atom is 0.171 e. The predicted octanol–water partition coefficient (Wildman–Crippen LogP) is 8.28. The first-order valence-corrected chi connectivity index (χ1v) is 30.9. The maximum absolute atomic E-state index is 5.99. The van der Waals surface area contributed by atoms with Gasteiger partial charge in [-0.3, -0.25) is 4.98 Å². The average molecular weight is 878 g/mol. The molecular weight excluding hydrogens is 831 g/mol. The fraction of sp³-hybridized carbons (Fsp3) is 0.0328. The number of nitrogens with zero attached hydrogens (tertiary/aromatic N) is 1. The molecule has 0 aliphatic heterocycles. The minimum atomic E-state index is -3.63. The normalized spacial score (nSPS) is 12.8. The lowest BCUT2D eigenvalue weighted by molar-refractivity contribution is 1.23. The van der Waals surface area contributed by atoms with Gasteiger partial charge in [0.1, 0.15) is 14.7 Å². The first-order valence-electron chi connectivity index (χ1n) is 22.9. The summed E-state index contributed by atoms with van der Waals surface area (Å²) in [6.07, 6.45) is 3.90. The lowest BCUT2D eigenvalue weighted by Crippen LogP contribution is -3.04. The van der Waals surface area contributed by atoms with Crippen molar-refractivity contribution in [3.05, 3.63) is 283 Å². The zero-order valence-electron chi connectivity index (χ0n) is 36.2. The summed E-state index contributed by atoms with van der Waals surface area (Å²) in [5.74, 6) is 0. The second-order valence-corrected chi connectivity index (χ2v) is 37.1. The van der Waals surface area contributed by atoms with Crippen LogP contribution in [0.25, 0.3) is 22.3 Å². The van der Waals surface area contributed by atoms with E-state index in [1.165, 1.54) is 86.1 Å². The third-order valence-corrected chi connectivity index (χ3v) is 48.5. The molecule has 0 saturated heterocycles. The minimum Gasteiger partial charge on any atom is -0.265 e. The number of fused-ring (bicyclic) bond motifs is 6. The van der Waals surface area contributed by atoms with Crippen LogP contribution < -0.4 is 41.6 Å². The van der Waals surface area contributed by atoms with Gasteiger partial charge in [-0.05, 0) is 72.6 Å². The standard InChI is InChI=1S/C61H47NSi3/c1-7-26-48(27-8-1)63(49-28-9-2-10-29-49,60-41-23-40-56-54-38-21-19-24-46(54)44-58(56)60)65(52-34-15-5-16-35-52,53-36-17-6-18-37-53)64(50-30-11-3-12-31-50,51-32-13-4-14-33-51)61-59-45-47-25-20-22-39-55(47)57(59)42-43-62-61/h1-43H,44-45H2. The number of rotatable bonds is 10. The van der Waals surface area contributed by atoms with Crippen molar-refractivity contribution in [2.75, 3.05) is 0 Å². The highest BCUT2D eigenvalue weighted by Gasteiger charge is 2.74. The van der Waals surface area contributed by atoms with Gasteiger partial charge in [0.05, 0.1) is 0 Å². The zero-order chi connectivity index (χ0) is 43.3. The van der Waals surface area contributed by atoms with Gasteiger partial charge in [-0.25, -0.2) is 0 Å². The Morgan fingerprint density at radius 1 is 0.277 bits per heavy atom. The molecule has 1 nitrogen and oxygen atoms in total. The molecule has 0 fully saturated rings. The van der Waals surface area contributed by atoms with Gasteiger partial charge in [0, 0.05) is 17.9 Å². The average Bonchev–Trinajstić information content (AvgIpc) is 3.97. The number of benzene rings is 9. The van der Waals surface area contributed by atoms with Gasteiger partial charge in [-0.1, -0.05) is 269 Å². The molecule has 2 aliphatic carbocycles. The molecule has 12 rings (SSSR count). The van der Waals surface area contributed by atoms with E-state index in [9.17, 15) is 0 Å². The monoisotopic (exact) mass is 877 g/mol. The van der Waals surface area contributed by atoms with Crippen LogP contribution in [-0.4, -0.2) is 27.3 Å². The van der Waals surface area contributed by atoms with Gasteiger partial charge in [0.2, 0.25) is 0 Å². The molecule has 0 atom stereocenters. The summed E-state index contributed by atoms with van der Waals surface area (Å²) in [5.41, 5.74) is 11.0. The Balaban J connectivity index is 1.41. The molecule has 10 aromatic rings. The van der Waals surface area contributed by atoms with E-state index >= 15 is 0 Å². The number of hydrogen-bond donors (Lipinski definition) is 0. The van der Waals surface area contributed by atoms with Crippen LogP contribution in [0.15, 0.2) is 261 Å². The van der Waals surface area contributed by atoms with Crippen LogP contribution >= 0.6 is 0 Å². The fourth-order valence-corrected chi connectivity index (χ4v) is 57.8. The highest BCUT2D eigenvalue weighted by atomic mass is 29.6. The summed E-state index contributed by atoms with van der Waals surface area (Å²) in [7, 11) is -10.7. The van der Waals surface area contributed by atoms with Crippen LogP contribution in [0.1, 0.15) is 22.3 Å². The van der Waals surface area contributed by atoms with E-state index in [4.69, 9.17) is 4.98 Å². The van der Waals surface area contributed by atoms with Crippen LogP contribution in [0.4, 0.5) is 0 Å². The zero-order valence-corrected chi connectivity index (χ0v) is 39.2. The Bertz CT molecular complexity index is 3000. The van der Waals surface area contributed by atoms with Crippen molar-refractivity contribution in [1.82, 2.24) is 4.98 Å². The molecular formula is C61H47NSi3. The van der Waals surface area contributed by atoms with Crippen LogP contribution in [0, 0.1) is 0 Å². The van der Waals surface area contributed by atoms with Gasteiger partial charge in [0.15, 0.2) is 7.59 Å². The summed E-state index contributed by atoms with van der Waals surface area (Å²) < 4.78 is 0. The lowest BCUT2D eigenvalue weighted by Gasteiger charge is -2.59. The SMILES string of the molecule is c1ccc([Si](c2ccccc2)(c2cccc3c2Cc2ccccc2-3)[Si](c2ccccc2)(c2ccccc2)[Si](c2ccccc2)(c2ccccc2)c2nccc3c2Cc2ccccc2-3)cc1.